The van der Waals surface area contributed by atoms with E-state index in [-0.39, 0.29) is 11.1 Å². The fourth-order valence-electron chi connectivity index (χ4n) is 1.66. The first kappa shape index (κ1) is 15.2. The first-order chi connectivity index (χ1) is 9.06. The zero-order valence-electron chi connectivity index (χ0n) is 10.9. The molecule has 0 radical (unpaired) electrons. The van der Waals surface area contributed by atoms with Crippen molar-refractivity contribution in [2.24, 2.45) is 0 Å². The number of carboxylic acids is 2. The number of carboxylic acid groups (broad SMARTS) is 2. The maximum absolute atomic E-state index is 11.1. The third kappa shape index (κ3) is 4.71. The number of aromatic carboxylic acids is 2. The van der Waals surface area contributed by atoms with Crippen LogP contribution in [0, 0.1) is 0 Å². The summed E-state index contributed by atoms with van der Waals surface area (Å²) in [5, 5.41) is 17.9. The van der Waals surface area contributed by atoms with E-state index in [4.69, 9.17) is 14.9 Å². The molecule has 0 saturated heterocycles. The lowest BCUT2D eigenvalue weighted by Gasteiger charge is -2.08. The van der Waals surface area contributed by atoms with Gasteiger partial charge in [-0.25, -0.2) is 9.59 Å². The molecule has 0 spiro atoms. The lowest BCUT2D eigenvalue weighted by molar-refractivity contribution is 0.0694. The largest absolute Gasteiger partial charge is 0.478 e. The van der Waals surface area contributed by atoms with Gasteiger partial charge in [0.15, 0.2) is 0 Å². The second kappa shape index (κ2) is 7.53. The molecule has 0 amide bonds. The molecular weight excluding hydrogens is 248 g/mol. The number of hydrogen-bond acceptors (Lipinski definition) is 3. The van der Waals surface area contributed by atoms with Crippen molar-refractivity contribution in [2.75, 3.05) is 13.2 Å². The van der Waals surface area contributed by atoms with Crippen molar-refractivity contribution in [3.05, 3.63) is 34.9 Å². The van der Waals surface area contributed by atoms with Crippen LogP contribution in [0.3, 0.4) is 0 Å². The molecule has 0 aliphatic heterocycles. The molecule has 0 aliphatic carbocycles. The van der Waals surface area contributed by atoms with Gasteiger partial charge in [0, 0.05) is 6.61 Å². The third-order valence-electron chi connectivity index (χ3n) is 2.75. The van der Waals surface area contributed by atoms with Gasteiger partial charge >= 0.3 is 11.9 Å². The Bertz CT molecular complexity index is 453. The maximum Gasteiger partial charge on any atom is 0.335 e. The fourth-order valence-corrected chi connectivity index (χ4v) is 1.66. The summed E-state index contributed by atoms with van der Waals surface area (Å²) in [7, 11) is 0. The average Bonchev–Trinajstić information content (AvgIpc) is 2.38. The van der Waals surface area contributed by atoms with Crippen LogP contribution >= 0.6 is 0 Å². The summed E-state index contributed by atoms with van der Waals surface area (Å²) in [6.07, 6.45) is 2.49. The minimum Gasteiger partial charge on any atom is -0.478 e. The number of rotatable bonds is 8. The van der Waals surface area contributed by atoms with E-state index >= 15 is 0 Å². The minimum atomic E-state index is -1.13. The Morgan fingerprint density at radius 2 is 1.89 bits per heavy atom. The highest BCUT2D eigenvalue weighted by atomic mass is 16.5. The van der Waals surface area contributed by atoms with E-state index in [1.807, 2.05) is 0 Å². The first-order valence-electron chi connectivity index (χ1n) is 6.23. The highest BCUT2D eigenvalue weighted by Crippen LogP contribution is 2.13. The summed E-state index contributed by atoms with van der Waals surface area (Å²) >= 11 is 0. The van der Waals surface area contributed by atoms with E-state index in [0.717, 1.165) is 12.8 Å². The van der Waals surface area contributed by atoms with Crippen LogP contribution in [0.4, 0.5) is 0 Å². The van der Waals surface area contributed by atoms with Gasteiger partial charge in [0.05, 0.1) is 17.7 Å². The number of benzene rings is 1. The van der Waals surface area contributed by atoms with Gasteiger partial charge in [-0.3, -0.25) is 0 Å². The third-order valence-corrected chi connectivity index (χ3v) is 2.75. The van der Waals surface area contributed by atoms with Gasteiger partial charge in [0.2, 0.25) is 0 Å². The van der Waals surface area contributed by atoms with E-state index < -0.39 is 11.9 Å². The maximum atomic E-state index is 11.1. The van der Waals surface area contributed by atoms with E-state index in [2.05, 4.69) is 6.92 Å². The van der Waals surface area contributed by atoms with Crippen LogP contribution < -0.4 is 0 Å². The van der Waals surface area contributed by atoms with Crippen molar-refractivity contribution in [2.45, 2.75) is 26.2 Å². The molecule has 0 fully saturated rings. The Kier molecular flexibility index (Phi) is 6.02. The van der Waals surface area contributed by atoms with Crippen LogP contribution in [0.2, 0.25) is 0 Å². The Morgan fingerprint density at radius 3 is 2.47 bits per heavy atom. The summed E-state index contributed by atoms with van der Waals surface area (Å²) in [5.74, 6) is -2.25. The number of carbonyl (C=O) groups is 2. The van der Waals surface area contributed by atoms with Crippen LogP contribution in [-0.4, -0.2) is 35.4 Å². The first-order valence-corrected chi connectivity index (χ1v) is 6.23. The molecular formula is C14H18O5. The van der Waals surface area contributed by atoms with Crippen molar-refractivity contribution in [1.82, 2.24) is 0 Å². The summed E-state index contributed by atoms with van der Waals surface area (Å²) in [6, 6.07) is 4.14. The molecule has 19 heavy (non-hydrogen) atoms. The minimum absolute atomic E-state index is 0.0203. The Balaban J connectivity index is 2.71. The highest BCUT2D eigenvalue weighted by Gasteiger charge is 2.13. The molecule has 1 rings (SSSR count). The molecule has 0 aliphatic rings. The molecule has 0 atom stereocenters. The summed E-state index contributed by atoms with van der Waals surface area (Å²) in [6.45, 7) is 3.16. The molecule has 0 unspecified atom stereocenters. The standard InChI is InChI=1S/C14H18O5/c1-2-3-7-19-8-6-10-4-5-11(13(15)16)9-12(10)14(17)18/h4-5,9H,2-3,6-8H2,1H3,(H,15,16)(H,17,18). The quantitative estimate of drug-likeness (QED) is 0.706. The molecule has 5 nitrogen and oxygen atoms in total. The number of ether oxygens (including phenoxy) is 1. The fraction of sp³-hybridized carbons (Fsp3) is 0.429. The second-order valence-electron chi connectivity index (χ2n) is 4.20. The predicted octanol–water partition coefficient (Wildman–Crippen LogP) is 2.44. The van der Waals surface area contributed by atoms with E-state index in [0.29, 0.717) is 25.2 Å². The smallest absolute Gasteiger partial charge is 0.335 e. The molecule has 1 aromatic rings. The average molecular weight is 266 g/mol. The molecule has 5 heteroatoms. The summed E-state index contributed by atoms with van der Waals surface area (Å²) in [4.78, 5) is 21.9. The van der Waals surface area contributed by atoms with E-state index in [1.54, 1.807) is 0 Å². The Hall–Kier alpha value is -1.88. The summed E-state index contributed by atoms with van der Waals surface area (Å²) in [5.41, 5.74) is 0.598. The zero-order chi connectivity index (χ0) is 14.3. The van der Waals surface area contributed by atoms with Crippen LogP contribution in [0.1, 0.15) is 46.0 Å². The Labute approximate surface area is 111 Å². The van der Waals surface area contributed by atoms with Crippen molar-refractivity contribution in [1.29, 1.82) is 0 Å². The number of unbranched alkanes of at least 4 members (excludes halogenated alkanes) is 1. The van der Waals surface area contributed by atoms with Crippen LogP contribution in [-0.2, 0) is 11.2 Å². The number of hydrogen-bond donors (Lipinski definition) is 2. The van der Waals surface area contributed by atoms with Gasteiger partial charge < -0.3 is 14.9 Å². The van der Waals surface area contributed by atoms with E-state index in [1.165, 1.54) is 18.2 Å². The Morgan fingerprint density at radius 1 is 1.16 bits per heavy atom. The van der Waals surface area contributed by atoms with Crippen molar-refractivity contribution in [3.63, 3.8) is 0 Å². The predicted molar refractivity (Wildman–Crippen MR) is 69.8 cm³/mol. The van der Waals surface area contributed by atoms with Gasteiger partial charge in [-0.05, 0) is 30.5 Å². The molecule has 2 N–H and O–H groups in total. The normalized spacial score (nSPS) is 10.4. The van der Waals surface area contributed by atoms with Gasteiger partial charge in [0.1, 0.15) is 0 Å². The molecule has 0 saturated carbocycles. The highest BCUT2D eigenvalue weighted by molar-refractivity contribution is 5.94. The van der Waals surface area contributed by atoms with Gasteiger partial charge in [-0.1, -0.05) is 19.4 Å². The molecule has 104 valence electrons. The second-order valence-corrected chi connectivity index (χ2v) is 4.20. The molecule has 0 heterocycles. The molecule has 1 aromatic carbocycles. The SMILES string of the molecule is CCCCOCCc1ccc(C(=O)O)cc1C(=O)O. The van der Waals surface area contributed by atoms with Crippen LogP contribution in [0.5, 0.6) is 0 Å². The topological polar surface area (TPSA) is 83.8 Å². The van der Waals surface area contributed by atoms with Crippen LogP contribution in [0.25, 0.3) is 0 Å². The van der Waals surface area contributed by atoms with Gasteiger partial charge in [-0.15, -0.1) is 0 Å². The van der Waals surface area contributed by atoms with Crippen LogP contribution in [0.15, 0.2) is 18.2 Å². The lowest BCUT2D eigenvalue weighted by atomic mass is 10.0. The monoisotopic (exact) mass is 266 g/mol. The molecule has 0 aromatic heterocycles. The van der Waals surface area contributed by atoms with Gasteiger partial charge in [-0.2, -0.15) is 0 Å². The van der Waals surface area contributed by atoms with Gasteiger partial charge in [0.25, 0.3) is 0 Å². The van der Waals surface area contributed by atoms with Crippen molar-refractivity contribution in [3.8, 4) is 0 Å². The van der Waals surface area contributed by atoms with Crippen molar-refractivity contribution < 1.29 is 24.5 Å². The van der Waals surface area contributed by atoms with E-state index in [9.17, 15) is 9.59 Å². The summed E-state index contributed by atoms with van der Waals surface area (Å²) < 4.78 is 5.38. The molecule has 0 bridgehead atoms. The van der Waals surface area contributed by atoms with Crippen molar-refractivity contribution >= 4 is 11.9 Å². The lowest BCUT2D eigenvalue weighted by Crippen LogP contribution is -2.09. The zero-order valence-corrected chi connectivity index (χ0v) is 10.9.